The third-order valence-corrected chi connectivity index (χ3v) is 2.93. The van der Waals surface area contributed by atoms with Gasteiger partial charge in [0, 0.05) is 6.42 Å². The predicted octanol–water partition coefficient (Wildman–Crippen LogP) is 2.17. The zero-order valence-corrected chi connectivity index (χ0v) is 8.85. The Hall–Kier alpha value is -0.420. The Kier molecular flexibility index (Phi) is 3.22. The maximum Gasteiger partial charge on any atom is 0.306 e. The second kappa shape index (κ2) is 4.00. The van der Waals surface area contributed by atoms with Gasteiger partial charge in [0.25, 0.3) is 0 Å². The number of aromatic nitrogens is 1. The van der Waals surface area contributed by atoms with Crippen LogP contribution in [0.5, 0.6) is 0 Å². The molecule has 0 aliphatic heterocycles. The molecule has 0 fully saturated rings. The molecule has 1 heterocycles. The predicted molar refractivity (Wildman–Crippen MR) is 50.3 cm³/mol. The molecule has 1 rings (SSSR count). The number of aliphatic carboxylic acids is 1. The lowest BCUT2D eigenvalue weighted by atomic mass is 10.1. The standard InChI is InChI=1S/C7H8BrNO2S/c1-4(7(10)11)2-6-9-3-5(8)12-6/h3-4H,2H2,1H3,(H,10,11). The van der Waals surface area contributed by atoms with Crippen LogP contribution >= 0.6 is 27.3 Å². The fourth-order valence-electron chi connectivity index (χ4n) is 0.732. The first kappa shape index (κ1) is 9.67. The Morgan fingerprint density at radius 3 is 3.00 bits per heavy atom. The number of hydrogen-bond acceptors (Lipinski definition) is 3. The first-order valence-electron chi connectivity index (χ1n) is 3.42. The van der Waals surface area contributed by atoms with Gasteiger partial charge in [-0.1, -0.05) is 6.92 Å². The molecule has 0 bridgehead atoms. The summed E-state index contributed by atoms with van der Waals surface area (Å²) < 4.78 is 0.940. The van der Waals surface area contributed by atoms with Crippen molar-refractivity contribution in [2.75, 3.05) is 0 Å². The molecule has 0 spiro atoms. The Bertz CT molecular complexity index is 287. The summed E-state index contributed by atoms with van der Waals surface area (Å²) in [6.07, 6.45) is 2.19. The molecule has 1 atom stereocenters. The molecule has 0 aromatic carbocycles. The summed E-state index contributed by atoms with van der Waals surface area (Å²) in [5, 5.41) is 9.47. The molecule has 3 nitrogen and oxygen atoms in total. The highest BCUT2D eigenvalue weighted by molar-refractivity contribution is 9.11. The molecule has 1 aromatic heterocycles. The maximum absolute atomic E-state index is 10.5. The van der Waals surface area contributed by atoms with Gasteiger partial charge in [0.1, 0.15) is 0 Å². The molecule has 0 saturated heterocycles. The lowest BCUT2D eigenvalue weighted by molar-refractivity contribution is -0.141. The lowest BCUT2D eigenvalue weighted by Crippen LogP contribution is -2.11. The summed E-state index contributed by atoms with van der Waals surface area (Å²) in [4.78, 5) is 14.5. The molecule has 12 heavy (non-hydrogen) atoms. The van der Waals surface area contributed by atoms with E-state index in [1.165, 1.54) is 11.3 Å². The number of carboxylic acids is 1. The molecule has 5 heteroatoms. The van der Waals surface area contributed by atoms with Crippen LogP contribution in [0.2, 0.25) is 0 Å². The Morgan fingerprint density at radius 1 is 1.92 bits per heavy atom. The van der Waals surface area contributed by atoms with E-state index in [9.17, 15) is 4.79 Å². The second-order valence-corrected chi connectivity index (χ2v) is 5.00. The van der Waals surface area contributed by atoms with Crippen molar-refractivity contribution in [1.29, 1.82) is 0 Å². The Balaban J connectivity index is 2.58. The van der Waals surface area contributed by atoms with E-state index >= 15 is 0 Å². The zero-order chi connectivity index (χ0) is 9.14. The molecule has 1 unspecified atom stereocenters. The summed E-state index contributed by atoms with van der Waals surface area (Å²) in [7, 11) is 0. The van der Waals surface area contributed by atoms with Gasteiger partial charge in [-0.25, -0.2) is 4.98 Å². The van der Waals surface area contributed by atoms with Gasteiger partial charge in [-0.2, -0.15) is 0 Å². The SMILES string of the molecule is CC(Cc1ncc(Br)s1)C(=O)O. The van der Waals surface area contributed by atoms with Crippen molar-refractivity contribution in [3.05, 3.63) is 15.0 Å². The quantitative estimate of drug-likeness (QED) is 0.894. The van der Waals surface area contributed by atoms with Crippen LogP contribution in [0.4, 0.5) is 0 Å². The monoisotopic (exact) mass is 249 g/mol. The van der Waals surface area contributed by atoms with Crippen LogP contribution in [0, 0.1) is 5.92 Å². The van der Waals surface area contributed by atoms with Gasteiger partial charge < -0.3 is 5.11 Å². The Labute approximate surface area is 82.6 Å². The fourth-order valence-corrected chi connectivity index (χ4v) is 2.16. The van der Waals surface area contributed by atoms with Crippen LogP contribution in [-0.4, -0.2) is 16.1 Å². The molecule has 0 aliphatic carbocycles. The van der Waals surface area contributed by atoms with Crippen LogP contribution in [0.1, 0.15) is 11.9 Å². The average molecular weight is 250 g/mol. The number of halogens is 1. The van der Waals surface area contributed by atoms with E-state index < -0.39 is 5.97 Å². The number of rotatable bonds is 3. The van der Waals surface area contributed by atoms with E-state index in [0.717, 1.165) is 8.79 Å². The number of hydrogen-bond donors (Lipinski definition) is 1. The van der Waals surface area contributed by atoms with Gasteiger partial charge in [-0.3, -0.25) is 4.79 Å². The summed E-state index contributed by atoms with van der Waals surface area (Å²) in [5.41, 5.74) is 0. The minimum absolute atomic E-state index is 0.358. The summed E-state index contributed by atoms with van der Waals surface area (Å²) in [5.74, 6) is -1.13. The fraction of sp³-hybridized carbons (Fsp3) is 0.429. The normalized spacial score (nSPS) is 12.8. The molecule has 0 amide bonds. The first-order valence-corrected chi connectivity index (χ1v) is 5.03. The van der Waals surface area contributed by atoms with Crippen molar-refractivity contribution in [1.82, 2.24) is 4.98 Å². The van der Waals surface area contributed by atoms with Crippen molar-refractivity contribution in [2.45, 2.75) is 13.3 Å². The highest BCUT2D eigenvalue weighted by atomic mass is 79.9. The lowest BCUT2D eigenvalue weighted by Gasteiger charge is -2.00. The smallest absolute Gasteiger partial charge is 0.306 e. The van der Waals surface area contributed by atoms with Crippen LogP contribution in [0.25, 0.3) is 0 Å². The maximum atomic E-state index is 10.5. The largest absolute Gasteiger partial charge is 0.481 e. The summed E-state index contributed by atoms with van der Waals surface area (Å²) in [6, 6.07) is 0. The van der Waals surface area contributed by atoms with Gasteiger partial charge in [0.05, 0.1) is 20.9 Å². The highest BCUT2D eigenvalue weighted by Gasteiger charge is 2.13. The average Bonchev–Trinajstić information content (AvgIpc) is 2.35. The van der Waals surface area contributed by atoms with Crippen molar-refractivity contribution in [3.8, 4) is 0 Å². The minimum atomic E-state index is -0.777. The summed E-state index contributed by atoms with van der Waals surface area (Å²) >= 11 is 4.74. The molecule has 66 valence electrons. The third-order valence-electron chi connectivity index (χ3n) is 1.43. The minimum Gasteiger partial charge on any atom is -0.481 e. The van der Waals surface area contributed by atoms with E-state index in [0.29, 0.717) is 6.42 Å². The third kappa shape index (κ3) is 2.57. The van der Waals surface area contributed by atoms with Crippen molar-refractivity contribution >= 4 is 33.2 Å². The molecule has 0 saturated carbocycles. The molecular formula is C7H8BrNO2S. The molecular weight excluding hydrogens is 242 g/mol. The van der Waals surface area contributed by atoms with E-state index in [1.807, 2.05) is 0 Å². The van der Waals surface area contributed by atoms with E-state index in [-0.39, 0.29) is 5.92 Å². The number of nitrogens with zero attached hydrogens (tertiary/aromatic N) is 1. The Morgan fingerprint density at radius 2 is 2.58 bits per heavy atom. The van der Waals surface area contributed by atoms with E-state index in [2.05, 4.69) is 20.9 Å². The summed E-state index contributed by atoms with van der Waals surface area (Å²) in [6.45, 7) is 1.68. The van der Waals surface area contributed by atoms with Gasteiger partial charge in [0.2, 0.25) is 0 Å². The van der Waals surface area contributed by atoms with Crippen molar-refractivity contribution in [3.63, 3.8) is 0 Å². The van der Waals surface area contributed by atoms with Gasteiger partial charge in [-0.15, -0.1) is 11.3 Å². The number of thiazole rings is 1. The van der Waals surface area contributed by atoms with Crippen LogP contribution in [0.15, 0.2) is 9.98 Å². The molecule has 1 aromatic rings. The molecule has 1 N–H and O–H groups in total. The molecule has 0 radical (unpaired) electrons. The van der Waals surface area contributed by atoms with Crippen molar-refractivity contribution < 1.29 is 9.90 Å². The van der Waals surface area contributed by atoms with Gasteiger partial charge in [0.15, 0.2) is 0 Å². The van der Waals surface area contributed by atoms with Crippen LogP contribution in [-0.2, 0) is 11.2 Å². The number of carboxylic acid groups (broad SMARTS) is 1. The second-order valence-electron chi connectivity index (χ2n) is 2.50. The van der Waals surface area contributed by atoms with E-state index in [1.54, 1.807) is 13.1 Å². The number of carbonyl (C=O) groups is 1. The van der Waals surface area contributed by atoms with Gasteiger partial charge in [-0.05, 0) is 15.9 Å². The van der Waals surface area contributed by atoms with Crippen LogP contribution in [0.3, 0.4) is 0 Å². The van der Waals surface area contributed by atoms with Crippen molar-refractivity contribution in [2.24, 2.45) is 5.92 Å². The zero-order valence-electron chi connectivity index (χ0n) is 6.45. The molecule has 0 aliphatic rings. The van der Waals surface area contributed by atoms with Gasteiger partial charge >= 0.3 is 5.97 Å². The highest BCUT2D eigenvalue weighted by Crippen LogP contribution is 2.21. The first-order chi connectivity index (χ1) is 5.59. The van der Waals surface area contributed by atoms with Crippen LogP contribution < -0.4 is 0 Å². The topological polar surface area (TPSA) is 50.2 Å². The van der Waals surface area contributed by atoms with E-state index in [4.69, 9.17) is 5.11 Å².